The zero-order valence-corrected chi connectivity index (χ0v) is 18.1. The van der Waals surface area contributed by atoms with Crippen molar-refractivity contribution >= 4 is 39.0 Å². The van der Waals surface area contributed by atoms with Gasteiger partial charge in [0.15, 0.2) is 0 Å². The fourth-order valence-electron chi connectivity index (χ4n) is 4.01. The van der Waals surface area contributed by atoms with Gasteiger partial charge in [0.05, 0.1) is 5.69 Å². The smallest absolute Gasteiger partial charge is 0.266 e. The molecule has 1 aromatic carbocycles. The molecule has 0 unspecified atom stereocenters. The highest BCUT2D eigenvalue weighted by molar-refractivity contribution is 7.21. The molecule has 0 atom stereocenters. The maximum atomic E-state index is 13.1. The van der Waals surface area contributed by atoms with Crippen LogP contribution in [0.2, 0.25) is 0 Å². The molecule has 6 nitrogen and oxygen atoms in total. The first kappa shape index (κ1) is 20.2. The Morgan fingerprint density at radius 1 is 1.17 bits per heavy atom. The third kappa shape index (κ3) is 3.37. The van der Waals surface area contributed by atoms with Crippen LogP contribution in [0.3, 0.4) is 0 Å². The van der Waals surface area contributed by atoms with Gasteiger partial charge in [-0.3, -0.25) is 4.79 Å². The van der Waals surface area contributed by atoms with Crippen molar-refractivity contribution in [2.24, 2.45) is 0 Å². The average molecular weight is 420 g/mol. The maximum absolute atomic E-state index is 13.1. The number of carbonyl (C=O) groups excluding carboxylic acids is 1. The molecule has 4 N–H and O–H groups in total. The van der Waals surface area contributed by atoms with E-state index in [-0.39, 0.29) is 11.7 Å². The average Bonchev–Trinajstić information content (AvgIpc) is 3.08. The number of nitrogens with two attached hydrogens (primary N) is 2. The van der Waals surface area contributed by atoms with E-state index in [2.05, 4.69) is 24.9 Å². The molecule has 4 rings (SSSR count). The number of aromatic nitrogens is 1. The molecule has 3 heterocycles. The number of benzene rings is 1. The van der Waals surface area contributed by atoms with Crippen molar-refractivity contribution in [1.29, 1.82) is 5.26 Å². The van der Waals surface area contributed by atoms with Crippen molar-refractivity contribution in [3.05, 3.63) is 40.3 Å². The molecule has 0 bridgehead atoms. The summed E-state index contributed by atoms with van der Waals surface area (Å²) in [6.45, 7) is 5.76. The van der Waals surface area contributed by atoms with Gasteiger partial charge < -0.3 is 16.4 Å². The van der Waals surface area contributed by atoms with Crippen molar-refractivity contribution in [3.8, 4) is 17.2 Å². The van der Waals surface area contributed by atoms with Crippen LogP contribution >= 0.6 is 11.3 Å². The second-order valence-electron chi connectivity index (χ2n) is 8.01. The summed E-state index contributed by atoms with van der Waals surface area (Å²) in [6, 6.07) is 10.2. The van der Waals surface area contributed by atoms with Crippen LogP contribution < -0.4 is 11.5 Å². The number of nitriles is 1. The van der Waals surface area contributed by atoms with Gasteiger partial charge in [0.25, 0.3) is 5.91 Å². The Labute approximate surface area is 180 Å². The van der Waals surface area contributed by atoms with E-state index in [4.69, 9.17) is 11.5 Å². The number of hydrogen-bond acceptors (Lipinski definition) is 6. The summed E-state index contributed by atoms with van der Waals surface area (Å²) in [4.78, 5) is 20.5. The SMILES string of the molecule is CC(C)c1ccc(-c2c(C#N)c(N)nc3sc(C(=O)N4CCCCC4)c(N)c23)cc1. The normalized spacial score (nSPS) is 14.3. The van der Waals surface area contributed by atoms with Crippen LogP contribution in [0.25, 0.3) is 21.3 Å². The first-order chi connectivity index (χ1) is 14.4. The van der Waals surface area contributed by atoms with Crippen molar-refractivity contribution in [2.45, 2.75) is 39.0 Å². The van der Waals surface area contributed by atoms with Crippen molar-refractivity contribution < 1.29 is 4.79 Å². The van der Waals surface area contributed by atoms with Gasteiger partial charge in [-0.25, -0.2) is 4.98 Å². The topological polar surface area (TPSA) is 109 Å². The van der Waals surface area contributed by atoms with E-state index >= 15 is 0 Å². The number of fused-ring (bicyclic) bond motifs is 1. The lowest BCUT2D eigenvalue weighted by molar-refractivity contribution is 0.0730. The Morgan fingerprint density at radius 2 is 1.83 bits per heavy atom. The van der Waals surface area contributed by atoms with E-state index in [1.54, 1.807) is 0 Å². The molecule has 7 heteroatoms. The largest absolute Gasteiger partial charge is 0.397 e. The third-order valence-electron chi connectivity index (χ3n) is 5.72. The number of carbonyl (C=O) groups is 1. The monoisotopic (exact) mass is 419 g/mol. The van der Waals surface area contributed by atoms with Gasteiger partial charge in [0.1, 0.15) is 27.2 Å². The Balaban J connectivity index is 1.91. The lowest BCUT2D eigenvalue weighted by Crippen LogP contribution is -2.35. The van der Waals surface area contributed by atoms with E-state index in [1.165, 1.54) is 16.9 Å². The second-order valence-corrected chi connectivity index (χ2v) is 9.01. The molecule has 1 fully saturated rings. The highest BCUT2D eigenvalue weighted by Gasteiger charge is 2.27. The molecule has 1 saturated heterocycles. The Bertz CT molecular complexity index is 1150. The maximum Gasteiger partial charge on any atom is 0.266 e. The summed E-state index contributed by atoms with van der Waals surface area (Å²) in [7, 11) is 0. The van der Waals surface area contributed by atoms with E-state index in [1.807, 2.05) is 29.2 Å². The molecule has 1 aliphatic heterocycles. The summed E-state index contributed by atoms with van der Waals surface area (Å²) < 4.78 is 0. The fraction of sp³-hybridized carbons (Fsp3) is 0.348. The standard InChI is InChI=1S/C23H25N5OS/c1-13(2)14-6-8-15(9-7-14)17-16(12-24)21(26)27-22-18(17)19(25)20(30-22)23(29)28-10-4-3-5-11-28/h6-9,13H,3-5,10-11,25H2,1-2H3,(H2,26,27). The van der Waals surface area contributed by atoms with Crippen LogP contribution in [0.4, 0.5) is 11.5 Å². The Kier molecular flexibility index (Phi) is 5.35. The zero-order valence-electron chi connectivity index (χ0n) is 17.2. The summed E-state index contributed by atoms with van der Waals surface area (Å²) >= 11 is 1.26. The van der Waals surface area contributed by atoms with E-state index in [9.17, 15) is 10.1 Å². The highest BCUT2D eigenvalue weighted by atomic mass is 32.1. The van der Waals surface area contributed by atoms with Crippen LogP contribution in [0.5, 0.6) is 0 Å². The number of amides is 1. The number of thiophene rings is 1. The number of piperidine rings is 1. The van der Waals surface area contributed by atoms with Gasteiger partial charge in [-0.15, -0.1) is 11.3 Å². The molecule has 1 aliphatic rings. The molecule has 2 aromatic heterocycles. The highest BCUT2D eigenvalue weighted by Crippen LogP contribution is 2.43. The fourth-order valence-corrected chi connectivity index (χ4v) is 5.09. The lowest BCUT2D eigenvalue weighted by Gasteiger charge is -2.26. The van der Waals surface area contributed by atoms with E-state index in [0.29, 0.717) is 37.8 Å². The third-order valence-corrected chi connectivity index (χ3v) is 6.81. The number of nitrogens with zero attached hydrogens (tertiary/aromatic N) is 3. The lowest BCUT2D eigenvalue weighted by atomic mass is 9.94. The van der Waals surface area contributed by atoms with Crippen LogP contribution in [0, 0.1) is 11.3 Å². The Hall–Kier alpha value is -3.11. The second kappa shape index (κ2) is 7.96. The van der Waals surface area contributed by atoms with Crippen LogP contribution in [-0.4, -0.2) is 28.9 Å². The van der Waals surface area contributed by atoms with Crippen molar-refractivity contribution in [2.75, 3.05) is 24.6 Å². The predicted molar refractivity (Wildman–Crippen MR) is 122 cm³/mol. The minimum atomic E-state index is -0.0617. The van der Waals surface area contributed by atoms with Crippen LogP contribution in [0.15, 0.2) is 24.3 Å². The van der Waals surface area contributed by atoms with Crippen LogP contribution in [-0.2, 0) is 0 Å². The number of anilines is 2. The molecule has 154 valence electrons. The van der Waals surface area contributed by atoms with Gasteiger partial charge in [-0.05, 0) is 36.3 Å². The summed E-state index contributed by atoms with van der Waals surface area (Å²) in [6.07, 6.45) is 3.16. The number of nitrogen functional groups attached to an aromatic ring is 2. The molecule has 1 amide bonds. The quantitative estimate of drug-likeness (QED) is 0.637. The summed E-state index contributed by atoms with van der Waals surface area (Å²) in [5.74, 6) is 0.497. The first-order valence-electron chi connectivity index (χ1n) is 10.2. The number of likely N-dealkylation sites (tertiary alicyclic amines) is 1. The van der Waals surface area contributed by atoms with Gasteiger partial charge in [0, 0.05) is 24.0 Å². The first-order valence-corrected chi connectivity index (χ1v) is 11.0. The number of rotatable bonds is 3. The Morgan fingerprint density at radius 3 is 2.43 bits per heavy atom. The molecule has 0 radical (unpaired) electrons. The van der Waals surface area contributed by atoms with Gasteiger partial charge in [-0.2, -0.15) is 5.26 Å². The molecular formula is C23H25N5OS. The molecule has 0 spiro atoms. The summed E-state index contributed by atoms with van der Waals surface area (Å²) in [5.41, 5.74) is 16.0. The molecule has 0 aliphatic carbocycles. The van der Waals surface area contributed by atoms with Crippen LogP contribution in [0.1, 0.15) is 59.8 Å². The van der Waals surface area contributed by atoms with Crippen molar-refractivity contribution in [3.63, 3.8) is 0 Å². The van der Waals surface area contributed by atoms with Gasteiger partial charge in [-0.1, -0.05) is 38.1 Å². The van der Waals surface area contributed by atoms with Crippen molar-refractivity contribution in [1.82, 2.24) is 9.88 Å². The van der Waals surface area contributed by atoms with E-state index in [0.717, 1.165) is 37.9 Å². The molecule has 30 heavy (non-hydrogen) atoms. The minimum Gasteiger partial charge on any atom is -0.397 e. The van der Waals surface area contributed by atoms with E-state index < -0.39 is 0 Å². The number of pyridine rings is 1. The minimum absolute atomic E-state index is 0.0617. The molecule has 0 saturated carbocycles. The summed E-state index contributed by atoms with van der Waals surface area (Å²) in [5, 5.41) is 10.4. The molecular weight excluding hydrogens is 394 g/mol. The number of hydrogen-bond donors (Lipinski definition) is 2. The predicted octanol–water partition coefficient (Wildman–Crippen LogP) is 4.75. The molecule has 3 aromatic rings. The van der Waals surface area contributed by atoms with Gasteiger partial charge >= 0.3 is 0 Å². The van der Waals surface area contributed by atoms with Gasteiger partial charge in [0.2, 0.25) is 0 Å². The zero-order chi connectivity index (χ0) is 21.4.